The lowest BCUT2D eigenvalue weighted by Gasteiger charge is -2.27. The predicted molar refractivity (Wildman–Crippen MR) is 86.3 cm³/mol. The van der Waals surface area contributed by atoms with E-state index >= 15 is 0 Å². The maximum atomic E-state index is 12.5. The van der Waals surface area contributed by atoms with Crippen molar-refractivity contribution in [2.45, 2.75) is 38.4 Å². The van der Waals surface area contributed by atoms with E-state index in [2.05, 4.69) is 41.1 Å². The largest absolute Gasteiger partial charge is 0.347 e. The Morgan fingerprint density at radius 2 is 2.14 bits per heavy atom. The molecule has 1 aliphatic heterocycles. The summed E-state index contributed by atoms with van der Waals surface area (Å²) in [5.41, 5.74) is 2.58. The van der Waals surface area contributed by atoms with Gasteiger partial charge in [-0.05, 0) is 35.4 Å². The number of hydrogen-bond donors (Lipinski definition) is 2. The Balaban J connectivity index is 1.66. The minimum Gasteiger partial charge on any atom is -0.347 e. The first-order chi connectivity index (χ1) is 10.3. The van der Waals surface area contributed by atoms with Crippen LogP contribution in [-0.2, 0) is 17.8 Å². The molecule has 21 heavy (non-hydrogen) atoms. The van der Waals surface area contributed by atoms with Crippen LogP contribution in [0.4, 0.5) is 0 Å². The van der Waals surface area contributed by atoms with Gasteiger partial charge in [-0.15, -0.1) is 11.3 Å². The lowest BCUT2D eigenvalue weighted by molar-refractivity contribution is -0.124. The lowest BCUT2D eigenvalue weighted by atomic mass is 9.95. The van der Waals surface area contributed by atoms with Gasteiger partial charge in [0.2, 0.25) is 5.91 Å². The highest BCUT2D eigenvalue weighted by molar-refractivity contribution is 7.10. The van der Waals surface area contributed by atoms with Crippen molar-refractivity contribution in [1.29, 1.82) is 0 Å². The Morgan fingerprint density at radius 3 is 2.86 bits per heavy atom. The average Bonchev–Trinajstić information content (AvgIpc) is 3.06. The first-order valence-electron chi connectivity index (χ1n) is 7.42. The molecule has 110 valence electrons. The summed E-state index contributed by atoms with van der Waals surface area (Å²) in [5, 5.41) is 8.57. The molecule has 1 unspecified atom stereocenters. The number of benzene rings is 1. The Bertz CT molecular complexity index is 609. The van der Waals surface area contributed by atoms with E-state index in [1.165, 1.54) is 16.0 Å². The molecule has 2 heterocycles. The lowest BCUT2D eigenvalue weighted by Crippen LogP contribution is -2.48. The van der Waals surface area contributed by atoms with E-state index in [9.17, 15) is 4.79 Å². The zero-order valence-corrected chi connectivity index (χ0v) is 13.0. The van der Waals surface area contributed by atoms with Crippen LogP contribution in [0.2, 0.25) is 0 Å². The second-order valence-corrected chi connectivity index (χ2v) is 6.37. The summed E-state index contributed by atoms with van der Waals surface area (Å²) in [7, 11) is 0. The monoisotopic (exact) mass is 300 g/mol. The van der Waals surface area contributed by atoms with Crippen LogP contribution < -0.4 is 10.6 Å². The SMILES string of the molecule is CCC(NC(=O)[C@@H]1Cc2ccccc2CN1)c1cccs1. The molecule has 0 radical (unpaired) electrons. The molecule has 4 heteroatoms. The van der Waals surface area contributed by atoms with Gasteiger partial charge < -0.3 is 10.6 Å². The Morgan fingerprint density at radius 1 is 1.33 bits per heavy atom. The standard InChI is InChI=1S/C17H20N2OS/c1-2-14(16-8-5-9-21-16)19-17(20)15-10-12-6-3-4-7-13(12)11-18-15/h3-9,14-15,18H,2,10-11H2,1H3,(H,19,20)/t14?,15-/m0/s1. The van der Waals surface area contributed by atoms with E-state index in [1.807, 2.05) is 18.2 Å². The molecule has 1 aromatic heterocycles. The molecule has 1 amide bonds. The fourth-order valence-electron chi connectivity index (χ4n) is 2.78. The third-order valence-corrected chi connectivity index (χ3v) is 5.00. The summed E-state index contributed by atoms with van der Waals surface area (Å²) in [6, 6.07) is 12.4. The number of fused-ring (bicyclic) bond motifs is 1. The summed E-state index contributed by atoms with van der Waals surface area (Å²) in [5.74, 6) is 0.102. The van der Waals surface area contributed by atoms with E-state index in [0.717, 1.165) is 19.4 Å². The van der Waals surface area contributed by atoms with Crippen LogP contribution in [0.3, 0.4) is 0 Å². The number of thiophene rings is 1. The first-order valence-corrected chi connectivity index (χ1v) is 8.30. The van der Waals surface area contributed by atoms with Crippen LogP contribution in [0.1, 0.15) is 35.4 Å². The van der Waals surface area contributed by atoms with Crippen molar-refractivity contribution >= 4 is 17.2 Å². The minimum absolute atomic E-state index is 0.102. The number of hydrogen-bond acceptors (Lipinski definition) is 3. The minimum atomic E-state index is -0.131. The number of rotatable bonds is 4. The van der Waals surface area contributed by atoms with E-state index in [1.54, 1.807) is 11.3 Å². The summed E-state index contributed by atoms with van der Waals surface area (Å²) in [6.07, 6.45) is 1.68. The van der Waals surface area contributed by atoms with Crippen molar-refractivity contribution in [2.24, 2.45) is 0 Å². The van der Waals surface area contributed by atoms with E-state index in [-0.39, 0.29) is 18.0 Å². The van der Waals surface area contributed by atoms with Crippen molar-refractivity contribution in [3.05, 3.63) is 57.8 Å². The molecule has 1 aliphatic rings. The number of carbonyl (C=O) groups excluding carboxylic acids is 1. The molecule has 1 aromatic carbocycles. The first kappa shape index (κ1) is 14.3. The van der Waals surface area contributed by atoms with Crippen LogP contribution in [-0.4, -0.2) is 11.9 Å². The molecular formula is C17H20N2OS. The van der Waals surface area contributed by atoms with Crippen LogP contribution in [0.15, 0.2) is 41.8 Å². The fourth-order valence-corrected chi connectivity index (χ4v) is 3.64. The number of carbonyl (C=O) groups is 1. The highest BCUT2D eigenvalue weighted by atomic mass is 32.1. The molecule has 3 nitrogen and oxygen atoms in total. The predicted octanol–water partition coefficient (Wildman–Crippen LogP) is 3.03. The molecule has 2 atom stereocenters. The Labute approximate surface area is 129 Å². The molecule has 2 aromatic rings. The van der Waals surface area contributed by atoms with Crippen LogP contribution in [0.25, 0.3) is 0 Å². The Hall–Kier alpha value is -1.65. The molecule has 0 fully saturated rings. The second-order valence-electron chi connectivity index (χ2n) is 5.39. The van der Waals surface area contributed by atoms with Crippen molar-refractivity contribution < 1.29 is 4.79 Å². The third-order valence-electron chi connectivity index (χ3n) is 4.01. The van der Waals surface area contributed by atoms with Gasteiger partial charge in [0, 0.05) is 11.4 Å². The highest BCUT2D eigenvalue weighted by Crippen LogP contribution is 2.22. The van der Waals surface area contributed by atoms with E-state index in [0.29, 0.717) is 0 Å². The van der Waals surface area contributed by atoms with Crippen LogP contribution >= 0.6 is 11.3 Å². The smallest absolute Gasteiger partial charge is 0.237 e. The fraction of sp³-hybridized carbons (Fsp3) is 0.353. The van der Waals surface area contributed by atoms with Gasteiger partial charge in [0.05, 0.1) is 12.1 Å². The maximum absolute atomic E-state index is 12.5. The maximum Gasteiger partial charge on any atom is 0.237 e. The molecule has 0 spiro atoms. The molecular weight excluding hydrogens is 280 g/mol. The summed E-state index contributed by atoms with van der Waals surface area (Å²) in [4.78, 5) is 13.7. The summed E-state index contributed by atoms with van der Waals surface area (Å²) >= 11 is 1.70. The van der Waals surface area contributed by atoms with Gasteiger partial charge in [-0.3, -0.25) is 4.79 Å². The van der Waals surface area contributed by atoms with Gasteiger partial charge in [0.1, 0.15) is 0 Å². The summed E-state index contributed by atoms with van der Waals surface area (Å²) < 4.78 is 0. The van der Waals surface area contributed by atoms with Crippen LogP contribution in [0, 0.1) is 0 Å². The molecule has 0 saturated carbocycles. The number of amides is 1. The topological polar surface area (TPSA) is 41.1 Å². The molecule has 0 saturated heterocycles. The van der Waals surface area contributed by atoms with Gasteiger partial charge in [-0.1, -0.05) is 37.3 Å². The van der Waals surface area contributed by atoms with Gasteiger partial charge in [-0.25, -0.2) is 0 Å². The molecule has 3 rings (SSSR count). The van der Waals surface area contributed by atoms with E-state index < -0.39 is 0 Å². The van der Waals surface area contributed by atoms with Gasteiger partial charge in [-0.2, -0.15) is 0 Å². The molecule has 2 N–H and O–H groups in total. The van der Waals surface area contributed by atoms with Crippen molar-refractivity contribution in [2.75, 3.05) is 0 Å². The zero-order chi connectivity index (χ0) is 14.7. The van der Waals surface area contributed by atoms with Gasteiger partial charge in [0.15, 0.2) is 0 Å². The average molecular weight is 300 g/mol. The number of nitrogens with one attached hydrogen (secondary N) is 2. The normalized spacial score (nSPS) is 18.8. The van der Waals surface area contributed by atoms with Crippen molar-refractivity contribution in [3.8, 4) is 0 Å². The van der Waals surface area contributed by atoms with Crippen molar-refractivity contribution in [3.63, 3.8) is 0 Å². The highest BCUT2D eigenvalue weighted by Gasteiger charge is 2.25. The summed E-state index contributed by atoms with van der Waals surface area (Å²) in [6.45, 7) is 2.87. The van der Waals surface area contributed by atoms with Gasteiger partial charge in [0.25, 0.3) is 0 Å². The second kappa shape index (κ2) is 6.41. The Kier molecular flexibility index (Phi) is 4.36. The zero-order valence-electron chi connectivity index (χ0n) is 12.1. The third kappa shape index (κ3) is 3.17. The van der Waals surface area contributed by atoms with E-state index in [4.69, 9.17) is 0 Å². The molecule has 0 bridgehead atoms. The van der Waals surface area contributed by atoms with Crippen LogP contribution in [0.5, 0.6) is 0 Å². The molecule has 0 aliphatic carbocycles. The van der Waals surface area contributed by atoms with Crippen molar-refractivity contribution in [1.82, 2.24) is 10.6 Å². The van der Waals surface area contributed by atoms with Gasteiger partial charge >= 0.3 is 0 Å². The quantitative estimate of drug-likeness (QED) is 0.911.